The Labute approximate surface area is 131 Å². The van der Waals surface area contributed by atoms with Crippen molar-refractivity contribution in [2.45, 2.75) is 20.5 Å². The first kappa shape index (κ1) is 15.9. The fourth-order valence-corrected chi connectivity index (χ4v) is 1.99. The summed E-state index contributed by atoms with van der Waals surface area (Å²) in [6.45, 7) is 4.84. The highest BCUT2D eigenvalue weighted by molar-refractivity contribution is 5.75. The minimum Gasteiger partial charge on any atom is -0.489 e. The Hall–Kier alpha value is -2.49. The lowest BCUT2D eigenvalue weighted by atomic mass is 10.2. The van der Waals surface area contributed by atoms with Gasteiger partial charge < -0.3 is 14.8 Å². The molecule has 0 aromatic heterocycles. The third-order valence-electron chi connectivity index (χ3n) is 3.17. The minimum atomic E-state index is -0.269. The number of rotatable bonds is 7. The van der Waals surface area contributed by atoms with Gasteiger partial charge in [-0.25, -0.2) is 0 Å². The molecule has 2 rings (SSSR count). The van der Waals surface area contributed by atoms with E-state index in [1.807, 2.05) is 55.5 Å². The normalized spacial score (nSPS) is 10.1. The van der Waals surface area contributed by atoms with Gasteiger partial charge in [-0.2, -0.15) is 0 Å². The van der Waals surface area contributed by atoms with Crippen molar-refractivity contribution in [3.63, 3.8) is 0 Å². The molecule has 0 saturated heterocycles. The van der Waals surface area contributed by atoms with E-state index >= 15 is 0 Å². The number of anilines is 1. The fraction of sp³-hybridized carbons (Fsp3) is 0.278. The number of hydrogen-bond donors (Lipinski definition) is 1. The molecule has 2 aromatic rings. The number of benzene rings is 2. The lowest BCUT2D eigenvalue weighted by Gasteiger charge is -2.12. The molecule has 0 unspecified atom stereocenters. The number of carbonyl (C=O) groups excluding carboxylic acids is 1. The average Bonchev–Trinajstić information content (AvgIpc) is 2.54. The van der Waals surface area contributed by atoms with Crippen molar-refractivity contribution in [3.8, 4) is 5.75 Å². The summed E-state index contributed by atoms with van der Waals surface area (Å²) < 4.78 is 10.8. The first-order valence-electron chi connectivity index (χ1n) is 7.36. The summed E-state index contributed by atoms with van der Waals surface area (Å²) in [6.07, 6.45) is 0. The zero-order chi connectivity index (χ0) is 15.8. The summed E-state index contributed by atoms with van der Waals surface area (Å²) >= 11 is 0. The second-order valence-electron chi connectivity index (χ2n) is 4.91. The van der Waals surface area contributed by atoms with E-state index in [1.165, 1.54) is 0 Å². The van der Waals surface area contributed by atoms with Crippen LogP contribution in [0.3, 0.4) is 0 Å². The van der Waals surface area contributed by atoms with Gasteiger partial charge in [0, 0.05) is 11.8 Å². The van der Waals surface area contributed by atoms with Crippen LogP contribution in [0.5, 0.6) is 5.75 Å². The van der Waals surface area contributed by atoms with E-state index in [-0.39, 0.29) is 12.5 Å². The summed E-state index contributed by atoms with van der Waals surface area (Å²) in [6, 6.07) is 15.8. The van der Waals surface area contributed by atoms with Crippen molar-refractivity contribution >= 4 is 11.7 Å². The van der Waals surface area contributed by atoms with Gasteiger partial charge >= 0.3 is 5.97 Å². The highest BCUT2D eigenvalue weighted by atomic mass is 16.5. The number of nitrogens with one attached hydrogen (secondary N) is 1. The van der Waals surface area contributed by atoms with Crippen LogP contribution in [0.2, 0.25) is 0 Å². The van der Waals surface area contributed by atoms with Crippen LogP contribution in [0.15, 0.2) is 48.5 Å². The predicted octanol–water partition coefficient (Wildman–Crippen LogP) is 3.55. The van der Waals surface area contributed by atoms with Crippen molar-refractivity contribution in [1.29, 1.82) is 0 Å². The van der Waals surface area contributed by atoms with Crippen molar-refractivity contribution in [2.75, 3.05) is 18.5 Å². The largest absolute Gasteiger partial charge is 0.489 e. The molecule has 2 aromatic carbocycles. The molecule has 0 saturated carbocycles. The molecule has 0 aliphatic heterocycles. The van der Waals surface area contributed by atoms with Crippen molar-refractivity contribution in [3.05, 3.63) is 59.7 Å². The predicted molar refractivity (Wildman–Crippen MR) is 87.1 cm³/mol. The Morgan fingerprint density at radius 2 is 1.91 bits per heavy atom. The summed E-state index contributed by atoms with van der Waals surface area (Å²) in [5.41, 5.74) is 3.01. The summed E-state index contributed by atoms with van der Waals surface area (Å²) in [4.78, 5) is 11.4. The van der Waals surface area contributed by atoms with Gasteiger partial charge in [0.1, 0.15) is 18.9 Å². The maximum Gasteiger partial charge on any atom is 0.325 e. The molecule has 116 valence electrons. The molecule has 0 aliphatic carbocycles. The van der Waals surface area contributed by atoms with E-state index in [2.05, 4.69) is 5.32 Å². The van der Waals surface area contributed by atoms with Gasteiger partial charge in [0.05, 0.1) is 6.61 Å². The molecule has 0 spiro atoms. The number of aryl methyl sites for hydroxylation is 1. The van der Waals surface area contributed by atoms with E-state index in [0.717, 1.165) is 22.6 Å². The standard InChI is InChI=1S/C18H21NO3/c1-3-21-18(20)12-19-16-10-9-14(2)17(11-16)22-13-15-7-5-4-6-8-15/h4-11,19H,3,12-13H2,1-2H3. The Balaban J connectivity index is 1.96. The molecular weight excluding hydrogens is 278 g/mol. The van der Waals surface area contributed by atoms with Gasteiger partial charge in [0.25, 0.3) is 0 Å². The highest BCUT2D eigenvalue weighted by Crippen LogP contribution is 2.23. The van der Waals surface area contributed by atoms with E-state index in [0.29, 0.717) is 13.2 Å². The summed E-state index contributed by atoms with van der Waals surface area (Å²) in [5.74, 6) is 0.535. The Kier molecular flexibility index (Phi) is 5.83. The molecule has 0 bridgehead atoms. The van der Waals surface area contributed by atoms with Gasteiger partial charge in [0.2, 0.25) is 0 Å². The maximum atomic E-state index is 11.4. The molecule has 4 heteroatoms. The van der Waals surface area contributed by atoms with Crippen LogP contribution in [0.1, 0.15) is 18.1 Å². The van der Waals surface area contributed by atoms with E-state index in [4.69, 9.17) is 9.47 Å². The van der Waals surface area contributed by atoms with Crippen LogP contribution in [0.25, 0.3) is 0 Å². The first-order valence-corrected chi connectivity index (χ1v) is 7.36. The highest BCUT2D eigenvalue weighted by Gasteiger charge is 2.05. The third-order valence-corrected chi connectivity index (χ3v) is 3.17. The van der Waals surface area contributed by atoms with Gasteiger partial charge in [-0.1, -0.05) is 36.4 Å². The minimum absolute atomic E-state index is 0.148. The molecule has 0 atom stereocenters. The van der Waals surface area contributed by atoms with Crippen molar-refractivity contribution in [1.82, 2.24) is 0 Å². The number of ether oxygens (including phenoxy) is 2. The SMILES string of the molecule is CCOC(=O)CNc1ccc(C)c(OCc2ccccc2)c1. The smallest absolute Gasteiger partial charge is 0.325 e. The van der Waals surface area contributed by atoms with Crippen LogP contribution < -0.4 is 10.1 Å². The topological polar surface area (TPSA) is 47.6 Å². The lowest BCUT2D eigenvalue weighted by Crippen LogP contribution is -2.16. The monoisotopic (exact) mass is 299 g/mol. The molecule has 0 heterocycles. The number of hydrogen-bond acceptors (Lipinski definition) is 4. The maximum absolute atomic E-state index is 11.4. The van der Waals surface area contributed by atoms with Crippen LogP contribution >= 0.6 is 0 Å². The molecule has 4 nitrogen and oxygen atoms in total. The van der Waals surface area contributed by atoms with Crippen molar-refractivity contribution in [2.24, 2.45) is 0 Å². The number of esters is 1. The average molecular weight is 299 g/mol. The van der Waals surface area contributed by atoms with E-state index in [1.54, 1.807) is 6.92 Å². The molecule has 0 fully saturated rings. The van der Waals surface area contributed by atoms with Crippen LogP contribution in [0, 0.1) is 6.92 Å². The zero-order valence-electron chi connectivity index (χ0n) is 13.0. The first-order chi connectivity index (χ1) is 10.7. The molecule has 22 heavy (non-hydrogen) atoms. The molecule has 0 amide bonds. The molecular formula is C18H21NO3. The zero-order valence-corrected chi connectivity index (χ0v) is 13.0. The van der Waals surface area contributed by atoms with E-state index in [9.17, 15) is 4.79 Å². The van der Waals surface area contributed by atoms with Crippen molar-refractivity contribution < 1.29 is 14.3 Å². The summed E-state index contributed by atoms with van der Waals surface area (Å²) in [7, 11) is 0. The Bertz CT molecular complexity index is 611. The third kappa shape index (κ3) is 4.81. The Morgan fingerprint density at radius 3 is 2.64 bits per heavy atom. The van der Waals surface area contributed by atoms with Crippen LogP contribution in [-0.4, -0.2) is 19.1 Å². The van der Waals surface area contributed by atoms with Gasteiger partial charge in [0.15, 0.2) is 0 Å². The van der Waals surface area contributed by atoms with Crippen LogP contribution in [0.4, 0.5) is 5.69 Å². The second-order valence-corrected chi connectivity index (χ2v) is 4.91. The Morgan fingerprint density at radius 1 is 1.14 bits per heavy atom. The fourth-order valence-electron chi connectivity index (χ4n) is 1.99. The van der Waals surface area contributed by atoms with Gasteiger partial charge in [-0.3, -0.25) is 4.79 Å². The molecule has 0 aliphatic rings. The molecule has 1 N–H and O–H groups in total. The van der Waals surface area contributed by atoms with E-state index < -0.39 is 0 Å². The number of carbonyl (C=O) groups is 1. The quantitative estimate of drug-likeness (QED) is 0.794. The second kappa shape index (κ2) is 8.08. The van der Waals surface area contributed by atoms with Gasteiger partial charge in [-0.15, -0.1) is 0 Å². The van der Waals surface area contributed by atoms with Gasteiger partial charge in [-0.05, 0) is 31.0 Å². The lowest BCUT2D eigenvalue weighted by molar-refractivity contribution is -0.140. The van der Waals surface area contributed by atoms with Crippen LogP contribution in [-0.2, 0) is 16.1 Å². The summed E-state index contributed by atoms with van der Waals surface area (Å²) in [5, 5.41) is 3.04. The molecule has 0 radical (unpaired) electrons.